The number of amides is 1. The van der Waals surface area contributed by atoms with E-state index in [9.17, 15) is 4.79 Å². The zero-order chi connectivity index (χ0) is 13.2. The fourth-order valence-corrected chi connectivity index (χ4v) is 3.63. The van der Waals surface area contributed by atoms with Crippen LogP contribution in [0.4, 0.5) is 0 Å². The van der Waals surface area contributed by atoms with Crippen LogP contribution in [0.25, 0.3) is 6.08 Å². The normalized spacial score (nSPS) is 14.9. The highest BCUT2D eigenvalue weighted by atomic mass is 32.1. The van der Waals surface area contributed by atoms with E-state index in [-0.39, 0.29) is 5.91 Å². The van der Waals surface area contributed by atoms with Crippen LogP contribution in [0, 0.1) is 6.92 Å². The lowest BCUT2D eigenvalue weighted by atomic mass is 10.1. The van der Waals surface area contributed by atoms with Gasteiger partial charge < -0.3 is 4.90 Å². The van der Waals surface area contributed by atoms with Crippen molar-refractivity contribution in [1.82, 2.24) is 9.88 Å². The third kappa shape index (κ3) is 2.77. The lowest BCUT2D eigenvalue weighted by Gasteiger charge is -2.25. The number of aromatic nitrogens is 1. The molecule has 0 saturated carbocycles. The van der Waals surface area contributed by atoms with Gasteiger partial charge in [0.2, 0.25) is 5.91 Å². The van der Waals surface area contributed by atoms with Crippen molar-refractivity contribution in [3.05, 3.63) is 44.0 Å². The van der Waals surface area contributed by atoms with Crippen molar-refractivity contribution in [3.63, 3.8) is 0 Å². The summed E-state index contributed by atoms with van der Waals surface area (Å²) in [5.74, 6) is 0.0718. The highest BCUT2D eigenvalue weighted by Gasteiger charge is 2.19. The van der Waals surface area contributed by atoms with Crippen molar-refractivity contribution in [2.75, 3.05) is 6.54 Å². The van der Waals surface area contributed by atoms with E-state index in [1.165, 1.54) is 10.4 Å². The average molecular weight is 290 g/mol. The molecule has 0 atom stereocenters. The Labute approximate surface area is 120 Å². The molecule has 0 N–H and O–H groups in total. The zero-order valence-electron chi connectivity index (χ0n) is 10.6. The van der Waals surface area contributed by atoms with Gasteiger partial charge in [0.1, 0.15) is 0 Å². The van der Waals surface area contributed by atoms with E-state index in [1.807, 2.05) is 17.2 Å². The number of fused-ring (bicyclic) bond motifs is 1. The van der Waals surface area contributed by atoms with Crippen molar-refractivity contribution in [2.45, 2.75) is 19.9 Å². The predicted molar refractivity (Wildman–Crippen MR) is 79.3 cm³/mol. The summed E-state index contributed by atoms with van der Waals surface area (Å²) in [5, 5.41) is 5.09. The Morgan fingerprint density at radius 2 is 2.37 bits per heavy atom. The van der Waals surface area contributed by atoms with E-state index in [2.05, 4.69) is 16.4 Å². The van der Waals surface area contributed by atoms with Crippen LogP contribution in [0.1, 0.15) is 21.1 Å². The second kappa shape index (κ2) is 5.27. The van der Waals surface area contributed by atoms with Gasteiger partial charge >= 0.3 is 0 Å². The number of aryl methyl sites for hydroxylation is 1. The van der Waals surface area contributed by atoms with Crippen LogP contribution in [0.2, 0.25) is 0 Å². The van der Waals surface area contributed by atoms with Gasteiger partial charge in [-0.25, -0.2) is 4.98 Å². The van der Waals surface area contributed by atoms with Gasteiger partial charge in [-0.3, -0.25) is 4.79 Å². The highest BCUT2D eigenvalue weighted by Crippen LogP contribution is 2.24. The molecule has 0 saturated heterocycles. The summed E-state index contributed by atoms with van der Waals surface area (Å²) < 4.78 is 0. The van der Waals surface area contributed by atoms with Gasteiger partial charge in [0.25, 0.3) is 0 Å². The quantitative estimate of drug-likeness (QED) is 0.796. The molecule has 1 aliphatic rings. The van der Waals surface area contributed by atoms with E-state index in [1.54, 1.807) is 34.8 Å². The maximum Gasteiger partial charge on any atom is 0.246 e. The number of carbonyl (C=O) groups is 1. The van der Waals surface area contributed by atoms with Gasteiger partial charge in [-0.05, 0) is 36.4 Å². The first-order chi connectivity index (χ1) is 9.22. The first-order valence-electron chi connectivity index (χ1n) is 6.17. The molecule has 3 heterocycles. The molecule has 1 aliphatic heterocycles. The fourth-order valence-electron chi connectivity index (χ4n) is 2.16. The monoisotopic (exact) mass is 290 g/mol. The molecule has 2 aromatic rings. The summed E-state index contributed by atoms with van der Waals surface area (Å²) in [5.41, 5.74) is 2.16. The maximum absolute atomic E-state index is 12.1. The molecule has 0 bridgehead atoms. The Morgan fingerprint density at radius 3 is 3.16 bits per heavy atom. The van der Waals surface area contributed by atoms with Gasteiger partial charge in [0.05, 0.1) is 10.7 Å². The number of thiophene rings is 1. The van der Waals surface area contributed by atoms with Gasteiger partial charge in [-0.1, -0.05) is 0 Å². The third-order valence-electron chi connectivity index (χ3n) is 3.15. The van der Waals surface area contributed by atoms with Crippen LogP contribution in [0.3, 0.4) is 0 Å². The molecule has 19 heavy (non-hydrogen) atoms. The summed E-state index contributed by atoms with van der Waals surface area (Å²) in [6, 6.07) is 2.12. The van der Waals surface area contributed by atoms with Gasteiger partial charge in [-0.15, -0.1) is 22.7 Å². The maximum atomic E-state index is 12.1. The Morgan fingerprint density at radius 1 is 1.47 bits per heavy atom. The smallest absolute Gasteiger partial charge is 0.246 e. The Bertz CT molecular complexity index is 627. The molecule has 5 heteroatoms. The molecule has 2 aromatic heterocycles. The minimum Gasteiger partial charge on any atom is -0.334 e. The number of nitrogens with zero attached hydrogens (tertiary/aromatic N) is 2. The van der Waals surface area contributed by atoms with Crippen LogP contribution >= 0.6 is 22.7 Å². The molecule has 0 radical (unpaired) electrons. The largest absolute Gasteiger partial charge is 0.334 e. The summed E-state index contributed by atoms with van der Waals surface area (Å²) >= 11 is 3.39. The summed E-state index contributed by atoms with van der Waals surface area (Å²) in [6.07, 6.45) is 4.41. The first-order valence-corrected chi connectivity index (χ1v) is 7.92. The van der Waals surface area contributed by atoms with E-state index in [4.69, 9.17) is 0 Å². The average Bonchev–Trinajstić information content (AvgIpc) is 3.03. The molecule has 0 aromatic carbocycles. The molecule has 1 amide bonds. The second-order valence-corrected chi connectivity index (χ2v) is 6.57. The third-order valence-corrected chi connectivity index (χ3v) is 4.97. The van der Waals surface area contributed by atoms with E-state index >= 15 is 0 Å². The number of thiazole rings is 1. The van der Waals surface area contributed by atoms with Crippen LogP contribution < -0.4 is 0 Å². The molecule has 0 aliphatic carbocycles. The van der Waals surface area contributed by atoms with E-state index in [0.29, 0.717) is 0 Å². The standard InChI is InChI=1S/C14H14N2OS2/c1-10-15-12(9-19-10)2-3-14(17)16-6-4-13-11(8-16)5-7-18-13/h2-3,5,7,9H,4,6,8H2,1H3. The lowest BCUT2D eigenvalue weighted by Crippen LogP contribution is -2.34. The van der Waals surface area contributed by atoms with Gasteiger partial charge in [0, 0.05) is 29.4 Å². The summed E-state index contributed by atoms with van der Waals surface area (Å²) in [7, 11) is 0. The number of hydrogen-bond acceptors (Lipinski definition) is 4. The van der Waals surface area contributed by atoms with Crippen LogP contribution in [0.15, 0.2) is 22.9 Å². The molecule has 0 fully saturated rings. The summed E-state index contributed by atoms with van der Waals surface area (Å²) in [4.78, 5) is 19.8. The molecule has 0 spiro atoms. The predicted octanol–water partition coefficient (Wildman–Crippen LogP) is 3.11. The highest BCUT2D eigenvalue weighted by molar-refractivity contribution is 7.10. The van der Waals surface area contributed by atoms with Gasteiger partial charge in [0.15, 0.2) is 0 Å². The van der Waals surface area contributed by atoms with Crippen molar-refractivity contribution < 1.29 is 4.79 Å². The topological polar surface area (TPSA) is 33.2 Å². The minimum atomic E-state index is 0.0718. The Balaban J connectivity index is 1.67. The summed E-state index contributed by atoms with van der Waals surface area (Å²) in [6.45, 7) is 3.51. The SMILES string of the molecule is Cc1nc(C=CC(=O)N2CCc3sccc3C2)cs1. The number of hydrogen-bond donors (Lipinski definition) is 0. The zero-order valence-corrected chi connectivity index (χ0v) is 12.3. The molecular weight excluding hydrogens is 276 g/mol. The Hall–Kier alpha value is -1.46. The molecule has 3 nitrogen and oxygen atoms in total. The minimum absolute atomic E-state index is 0.0718. The van der Waals surface area contributed by atoms with Crippen LogP contribution in [0.5, 0.6) is 0 Å². The van der Waals surface area contributed by atoms with Crippen molar-refractivity contribution in [3.8, 4) is 0 Å². The van der Waals surface area contributed by atoms with Crippen molar-refractivity contribution in [2.24, 2.45) is 0 Å². The molecule has 3 rings (SSSR count). The second-order valence-electron chi connectivity index (χ2n) is 4.50. The van der Waals surface area contributed by atoms with Crippen LogP contribution in [-0.4, -0.2) is 22.3 Å². The molecule has 0 unspecified atom stereocenters. The number of rotatable bonds is 2. The van der Waals surface area contributed by atoms with Crippen molar-refractivity contribution in [1.29, 1.82) is 0 Å². The van der Waals surface area contributed by atoms with Crippen molar-refractivity contribution >= 4 is 34.7 Å². The van der Waals surface area contributed by atoms with E-state index < -0.39 is 0 Å². The van der Waals surface area contributed by atoms with E-state index in [0.717, 1.165) is 30.2 Å². The Kier molecular flexibility index (Phi) is 3.48. The van der Waals surface area contributed by atoms with Crippen LogP contribution in [-0.2, 0) is 17.8 Å². The molecule has 98 valence electrons. The van der Waals surface area contributed by atoms with Gasteiger partial charge in [-0.2, -0.15) is 0 Å². The fraction of sp³-hybridized carbons (Fsp3) is 0.286. The lowest BCUT2D eigenvalue weighted by molar-refractivity contribution is -0.126. The molecular formula is C14H14N2OS2. The first kappa shape index (κ1) is 12.6. The number of carbonyl (C=O) groups excluding carboxylic acids is 1.